The molecule has 0 unspecified atom stereocenters. The van der Waals surface area contributed by atoms with Crippen LogP contribution in [0, 0.1) is 0 Å². The van der Waals surface area contributed by atoms with Crippen molar-refractivity contribution < 1.29 is 24.2 Å². The van der Waals surface area contributed by atoms with Crippen molar-refractivity contribution in [1.82, 2.24) is 0 Å². The number of methoxy groups -OCH3 is 2. The maximum Gasteiger partial charge on any atom is 0.167 e. The molecule has 0 bridgehead atoms. The van der Waals surface area contributed by atoms with Gasteiger partial charge >= 0.3 is 0 Å². The molecule has 20 heavy (non-hydrogen) atoms. The number of benzene rings is 1. The van der Waals surface area contributed by atoms with Crippen LogP contribution in [0.1, 0.15) is 44.0 Å². The fourth-order valence-electron chi connectivity index (χ4n) is 1.50. The first-order valence-electron chi connectivity index (χ1n) is 6.38. The molecule has 0 aromatic heterocycles. The number of Topliss-reactive ketones (excluding diaryl/α,β-unsaturated/α-hetero) is 2. The summed E-state index contributed by atoms with van der Waals surface area (Å²) in [5, 5.41) is 9.29. The third-order valence-electron chi connectivity index (χ3n) is 2.63. The van der Waals surface area contributed by atoms with Gasteiger partial charge in [0.25, 0.3) is 0 Å². The van der Waals surface area contributed by atoms with E-state index in [2.05, 4.69) is 0 Å². The number of rotatable bonds is 5. The molecule has 5 nitrogen and oxygen atoms in total. The van der Waals surface area contributed by atoms with E-state index in [-0.39, 0.29) is 11.5 Å². The molecule has 0 fully saturated rings. The molecule has 0 atom stereocenters. The van der Waals surface area contributed by atoms with Crippen LogP contribution in [0.5, 0.6) is 17.2 Å². The zero-order valence-corrected chi connectivity index (χ0v) is 12.6. The van der Waals surface area contributed by atoms with Crippen molar-refractivity contribution in [1.29, 1.82) is 0 Å². The number of hydrogen-bond acceptors (Lipinski definition) is 5. The van der Waals surface area contributed by atoms with E-state index in [1.807, 2.05) is 13.8 Å². The fraction of sp³-hybridized carbons (Fsp3) is 0.467. The SMILES string of the molecule is CCC(=O)CC.COc1cc(O)cc(OC)c1C(C)=O. The molecule has 1 aromatic carbocycles. The van der Waals surface area contributed by atoms with E-state index in [4.69, 9.17) is 9.47 Å². The van der Waals surface area contributed by atoms with Gasteiger partial charge in [0.15, 0.2) is 5.78 Å². The molecule has 1 rings (SSSR count). The molecule has 0 saturated heterocycles. The minimum atomic E-state index is -0.168. The minimum Gasteiger partial charge on any atom is -0.508 e. The van der Waals surface area contributed by atoms with E-state index in [0.29, 0.717) is 35.7 Å². The Labute approximate surface area is 119 Å². The van der Waals surface area contributed by atoms with Crippen molar-refractivity contribution in [2.45, 2.75) is 33.6 Å². The summed E-state index contributed by atoms with van der Waals surface area (Å²) in [7, 11) is 2.86. The zero-order chi connectivity index (χ0) is 15.7. The van der Waals surface area contributed by atoms with Gasteiger partial charge in [-0.3, -0.25) is 9.59 Å². The highest BCUT2D eigenvalue weighted by Crippen LogP contribution is 2.33. The van der Waals surface area contributed by atoms with E-state index in [1.54, 1.807) is 0 Å². The molecule has 5 heteroatoms. The second-order valence-corrected chi connectivity index (χ2v) is 4.03. The number of carbonyl (C=O) groups excluding carboxylic acids is 2. The molecule has 112 valence electrons. The summed E-state index contributed by atoms with van der Waals surface area (Å²) in [6, 6.07) is 2.75. The molecule has 0 aliphatic rings. The first-order valence-corrected chi connectivity index (χ1v) is 6.38. The third-order valence-corrected chi connectivity index (χ3v) is 2.63. The molecular formula is C15H22O5. The van der Waals surface area contributed by atoms with Crippen molar-refractivity contribution in [3.8, 4) is 17.2 Å². The monoisotopic (exact) mass is 282 g/mol. The van der Waals surface area contributed by atoms with Crippen LogP contribution < -0.4 is 9.47 Å². The highest BCUT2D eigenvalue weighted by atomic mass is 16.5. The van der Waals surface area contributed by atoms with Gasteiger partial charge in [-0.2, -0.15) is 0 Å². The molecule has 0 aliphatic carbocycles. The van der Waals surface area contributed by atoms with Crippen molar-refractivity contribution in [3.05, 3.63) is 17.7 Å². The van der Waals surface area contributed by atoms with Gasteiger partial charge in [-0.15, -0.1) is 0 Å². The van der Waals surface area contributed by atoms with Crippen LogP contribution in [-0.2, 0) is 4.79 Å². The summed E-state index contributed by atoms with van der Waals surface area (Å²) in [5.74, 6) is 0.807. The number of carbonyl (C=O) groups is 2. The Morgan fingerprint density at radius 1 is 1.05 bits per heavy atom. The van der Waals surface area contributed by atoms with Crippen LogP contribution >= 0.6 is 0 Å². The first-order chi connectivity index (χ1) is 9.40. The molecule has 0 spiro atoms. The summed E-state index contributed by atoms with van der Waals surface area (Å²) in [4.78, 5) is 21.5. The normalized spacial score (nSPS) is 9.25. The van der Waals surface area contributed by atoms with Gasteiger partial charge in [-0.25, -0.2) is 0 Å². The lowest BCUT2D eigenvalue weighted by Crippen LogP contribution is -2.01. The molecule has 0 heterocycles. The van der Waals surface area contributed by atoms with Gasteiger partial charge in [0.1, 0.15) is 28.6 Å². The van der Waals surface area contributed by atoms with Gasteiger partial charge in [0, 0.05) is 25.0 Å². The Morgan fingerprint density at radius 2 is 1.45 bits per heavy atom. The molecule has 0 amide bonds. The van der Waals surface area contributed by atoms with Gasteiger partial charge in [-0.05, 0) is 6.92 Å². The van der Waals surface area contributed by atoms with Gasteiger partial charge in [0.05, 0.1) is 14.2 Å². The average Bonchev–Trinajstić information content (AvgIpc) is 2.45. The highest BCUT2D eigenvalue weighted by molar-refractivity contribution is 5.99. The van der Waals surface area contributed by atoms with Gasteiger partial charge in [0.2, 0.25) is 0 Å². The number of ketones is 2. The van der Waals surface area contributed by atoms with Crippen LogP contribution in [0.3, 0.4) is 0 Å². The largest absolute Gasteiger partial charge is 0.508 e. The number of ether oxygens (including phenoxy) is 2. The molecular weight excluding hydrogens is 260 g/mol. The maximum absolute atomic E-state index is 11.3. The van der Waals surface area contributed by atoms with Crippen molar-refractivity contribution in [2.24, 2.45) is 0 Å². The second kappa shape index (κ2) is 8.96. The van der Waals surface area contributed by atoms with Crippen LogP contribution in [-0.4, -0.2) is 30.9 Å². The Bertz CT molecular complexity index is 434. The number of phenolic OH excluding ortho intramolecular Hbond substituents is 1. The molecule has 1 aromatic rings. The van der Waals surface area contributed by atoms with E-state index < -0.39 is 0 Å². The fourth-order valence-corrected chi connectivity index (χ4v) is 1.50. The van der Waals surface area contributed by atoms with Crippen LogP contribution in [0.25, 0.3) is 0 Å². The molecule has 1 N–H and O–H groups in total. The predicted octanol–water partition coefficient (Wildman–Crippen LogP) is 2.99. The molecule has 0 aliphatic heterocycles. The summed E-state index contributed by atoms with van der Waals surface area (Å²) in [5.41, 5.74) is 0.341. The number of aromatic hydroxyl groups is 1. The lowest BCUT2D eigenvalue weighted by Gasteiger charge is -2.10. The standard InChI is InChI=1S/C10H12O4.C5H10O/c1-6(11)10-8(13-2)4-7(12)5-9(10)14-3;1-3-5(6)4-2/h4-5,12H,1-3H3;3-4H2,1-2H3. The van der Waals surface area contributed by atoms with E-state index in [0.717, 1.165) is 0 Å². The topological polar surface area (TPSA) is 72.8 Å². The average molecular weight is 282 g/mol. The summed E-state index contributed by atoms with van der Waals surface area (Å²) >= 11 is 0. The number of hydrogen-bond donors (Lipinski definition) is 1. The molecule has 0 radical (unpaired) electrons. The number of phenols is 1. The minimum absolute atomic E-state index is 0.00343. The summed E-state index contributed by atoms with van der Waals surface area (Å²) in [6.07, 6.45) is 1.38. The van der Waals surface area contributed by atoms with Gasteiger partial charge in [-0.1, -0.05) is 13.8 Å². The van der Waals surface area contributed by atoms with Crippen molar-refractivity contribution >= 4 is 11.6 Å². The highest BCUT2D eigenvalue weighted by Gasteiger charge is 2.15. The van der Waals surface area contributed by atoms with Crippen LogP contribution in [0.15, 0.2) is 12.1 Å². The predicted molar refractivity (Wildman–Crippen MR) is 76.8 cm³/mol. The molecule has 0 saturated carbocycles. The van der Waals surface area contributed by atoms with Crippen LogP contribution in [0.4, 0.5) is 0 Å². The Balaban J connectivity index is 0.000000511. The van der Waals surface area contributed by atoms with E-state index >= 15 is 0 Å². The quantitative estimate of drug-likeness (QED) is 0.840. The van der Waals surface area contributed by atoms with Crippen molar-refractivity contribution in [3.63, 3.8) is 0 Å². The lowest BCUT2D eigenvalue weighted by molar-refractivity contribution is -0.118. The Hall–Kier alpha value is -2.04. The summed E-state index contributed by atoms with van der Waals surface area (Å²) in [6.45, 7) is 5.18. The lowest BCUT2D eigenvalue weighted by atomic mass is 10.1. The van der Waals surface area contributed by atoms with E-state index in [9.17, 15) is 14.7 Å². The van der Waals surface area contributed by atoms with E-state index in [1.165, 1.54) is 33.3 Å². The Kier molecular flexibility index (Phi) is 8.04. The van der Waals surface area contributed by atoms with Gasteiger partial charge < -0.3 is 14.6 Å². The smallest absolute Gasteiger partial charge is 0.167 e. The first kappa shape index (κ1) is 18.0. The maximum atomic E-state index is 11.3. The Morgan fingerprint density at radius 3 is 1.65 bits per heavy atom. The summed E-state index contributed by atoms with van der Waals surface area (Å²) < 4.78 is 9.94. The van der Waals surface area contributed by atoms with Crippen molar-refractivity contribution in [2.75, 3.05) is 14.2 Å². The van der Waals surface area contributed by atoms with Crippen LogP contribution in [0.2, 0.25) is 0 Å². The second-order valence-electron chi connectivity index (χ2n) is 4.03. The third kappa shape index (κ3) is 5.30. The zero-order valence-electron chi connectivity index (χ0n) is 12.6.